The zero-order valence-electron chi connectivity index (χ0n) is 25.0. The first-order valence-electron chi connectivity index (χ1n) is 14.6. The van der Waals surface area contributed by atoms with E-state index in [0.717, 1.165) is 48.7 Å². The van der Waals surface area contributed by atoms with Crippen LogP contribution in [-0.2, 0) is 19.5 Å². The molecule has 222 valence electrons. The Hall–Kier alpha value is -3.13. The van der Waals surface area contributed by atoms with E-state index < -0.39 is 23.8 Å². The van der Waals surface area contributed by atoms with Gasteiger partial charge in [-0.2, -0.15) is 0 Å². The standard InChI is InChI=1S/C34H45F2N3O2/c1-6-7-11-39(5)22-27-12-24(4)13-29(15-27)34(41)38-32(18-26-16-30(35)19-31(36)17-26)33(40)21-37-20-25-9-8-10-28(14-25)23(2)3/h8-10,12-17,19,23,32-33,37,40H,6-7,11,18,20-22H2,1-5H3,(H,38,41). The van der Waals surface area contributed by atoms with Crippen LogP contribution < -0.4 is 10.6 Å². The molecule has 7 heteroatoms. The van der Waals surface area contributed by atoms with Gasteiger partial charge >= 0.3 is 0 Å². The van der Waals surface area contributed by atoms with Crippen molar-refractivity contribution in [2.24, 2.45) is 0 Å². The molecule has 0 saturated heterocycles. The van der Waals surface area contributed by atoms with Gasteiger partial charge in [-0.25, -0.2) is 8.78 Å². The quantitative estimate of drug-likeness (QED) is 0.208. The second-order valence-corrected chi connectivity index (χ2v) is 11.5. The Labute approximate surface area is 244 Å². The normalized spacial score (nSPS) is 13.0. The summed E-state index contributed by atoms with van der Waals surface area (Å²) in [5, 5.41) is 17.4. The van der Waals surface area contributed by atoms with Gasteiger partial charge in [-0.15, -0.1) is 0 Å². The Morgan fingerprint density at radius 3 is 2.39 bits per heavy atom. The van der Waals surface area contributed by atoms with Crippen molar-refractivity contribution in [2.45, 2.75) is 78.1 Å². The molecule has 0 aliphatic carbocycles. The molecule has 5 nitrogen and oxygen atoms in total. The average molecular weight is 566 g/mol. The predicted molar refractivity (Wildman–Crippen MR) is 162 cm³/mol. The molecule has 3 aromatic carbocycles. The minimum absolute atomic E-state index is 0.0739. The van der Waals surface area contributed by atoms with Gasteiger partial charge in [0.2, 0.25) is 0 Å². The molecule has 3 rings (SSSR count). The first kappa shape index (κ1) is 32.4. The minimum atomic E-state index is -0.997. The maximum atomic E-state index is 14.0. The fourth-order valence-corrected chi connectivity index (χ4v) is 4.99. The van der Waals surface area contributed by atoms with Gasteiger partial charge < -0.3 is 20.6 Å². The summed E-state index contributed by atoms with van der Waals surface area (Å²) in [4.78, 5) is 15.7. The van der Waals surface area contributed by atoms with Crippen LogP contribution in [0.1, 0.15) is 77.7 Å². The van der Waals surface area contributed by atoms with Crippen LogP contribution >= 0.6 is 0 Å². The third-order valence-electron chi connectivity index (χ3n) is 7.20. The number of aryl methyl sites for hydroxylation is 1. The molecule has 0 aliphatic rings. The van der Waals surface area contributed by atoms with E-state index >= 15 is 0 Å². The number of benzene rings is 3. The van der Waals surface area contributed by atoms with Crippen molar-refractivity contribution < 1.29 is 18.7 Å². The number of nitrogens with one attached hydrogen (secondary N) is 2. The Kier molecular flexibility index (Phi) is 12.4. The lowest BCUT2D eigenvalue weighted by Crippen LogP contribution is -2.48. The summed E-state index contributed by atoms with van der Waals surface area (Å²) in [7, 11) is 2.06. The van der Waals surface area contributed by atoms with Gasteiger partial charge in [-0.05, 0) is 85.8 Å². The second kappa shape index (κ2) is 15.8. The highest BCUT2D eigenvalue weighted by molar-refractivity contribution is 5.94. The van der Waals surface area contributed by atoms with Gasteiger partial charge in [0.15, 0.2) is 0 Å². The van der Waals surface area contributed by atoms with E-state index in [1.807, 2.05) is 31.2 Å². The van der Waals surface area contributed by atoms with Crippen LogP contribution in [0.15, 0.2) is 60.7 Å². The highest BCUT2D eigenvalue weighted by Gasteiger charge is 2.23. The summed E-state index contributed by atoms with van der Waals surface area (Å²) < 4.78 is 27.9. The molecule has 0 aromatic heterocycles. The SMILES string of the molecule is CCCCN(C)Cc1cc(C)cc(C(=O)NC(Cc2cc(F)cc(F)c2)C(O)CNCc2cccc(C(C)C)c2)c1. The van der Waals surface area contributed by atoms with Crippen LogP contribution in [0.2, 0.25) is 0 Å². The number of amides is 1. The van der Waals surface area contributed by atoms with Crippen molar-refractivity contribution >= 4 is 5.91 Å². The van der Waals surface area contributed by atoms with E-state index in [2.05, 4.69) is 61.6 Å². The van der Waals surface area contributed by atoms with Crippen molar-refractivity contribution in [1.29, 1.82) is 0 Å². The van der Waals surface area contributed by atoms with E-state index in [1.54, 1.807) is 0 Å². The molecule has 1 amide bonds. The number of unbranched alkanes of at least 4 members (excludes halogenated alkanes) is 1. The molecule has 0 radical (unpaired) electrons. The number of carbonyl (C=O) groups is 1. The number of hydrogen-bond acceptors (Lipinski definition) is 4. The Morgan fingerprint density at radius 1 is 0.976 bits per heavy atom. The summed E-state index contributed by atoms with van der Waals surface area (Å²) in [6, 6.07) is 16.5. The molecule has 0 bridgehead atoms. The summed E-state index contributed by atoms with van der Waals surface area (Å²) >= 11 is 0. The van der Waals surface area contributed by atoms with Crippen molar-refractivity contribution in [3.63, 3.8) is 0 Å². The third-order valence-corrected chi connectivity index (χ3v) is 7.20. The molecule has 41 heavy (non-hydrogen) atoms. The fraction of sp³-hybridized carbons (Fsp3) is 0.441. The zero-order valence-corrected chi connectivity index (χ0v) is 25.0. The third kappa shape index (κ3) is 10.7. The number of halogens is 2. The molecule has 0 aliphatic heterocycles. The molecular weight excluding hydrogens is 520 g/mol. The van der Waals surface area contributed by atoms with Gasteiger partial charge in [-0.3, -0.25) is 4.79 Å². The number of nitrogens with zero attached hydrogens (tertiary/aromatic N) is 1. The predicted octanol–water partition coefficient (Wildman–Crippen LogP) is 6.12. The van der Waals surface area contributed by atoms with Crippen LogP contribution in [0.5, 0.6) is 0 Å². The number of carbonyl (C=O) groups excluding carboxylic acids is 1. The molecule has 3 aromatic rings. The summed E-state index contributed by atoms with van der Waals surface area (Å²) in [5.41, 5.74) is 5.17. The van der Waals surface area contributed by atoms with Gasteiger partial charge in [0.1, 0.15) is 11.6 Å². The molecule has 0 heterocycles. The van der Waals surface area contributed by atoms with Crippen molar-refractivity contribution in [3.8, 4) is 0 Å². The van der Waals surface area contributed by atoms with E-state index in [-0.39, 0.29) is 18.9 Å². The van der Waals surface area contributed by atoms with Crippen LogP contribution in [0.3, 0.4) is 0 Å². The number of aliphatic hydroxyl groups is 1. The first-order chi connectivity index (χ1) is 19.5. The number of rotatable bonds is 15. The lowest BCUT2D eigenvalue weighted by atomic mass is 9.99. The molecule has 0 saturated carbocycles. The summed E-state index contributed by atoms with van der Waals surface area (Å²) in [6.07, 6.45) is 1.30. The fourth-order valence-electron chi connectivity index (χ4n) is 4.99. The van der Waals surface area contributed by atoms with Crippen LogP contribution in [0, 0.1) is 18.6 Å². The van der Waals surface area contributed by atoms with Crippen LogP contribution in [0.4, 0.5) is 8.78 Å². The Bertz CT molecular complexity index is 1260. The van der Waals surface area contributed by atoms with Crippen molar-refractivity contribution in [3.05, 3.63) is 106 Å². The molecule has 2 atom stereocenters. The van der Waals surface area contributed by atoms with Gasteiger partial charge in [0.25, 0.3) is 5.91 Å². The van der Waals surface area contributed by atoms with Gasteiger partial charge in [0.05, 0.1) is 12.1 Å². The Morgan fingerprint density at radius 2 is 1.71 bits per heavy atom. The lowest BCUT2D eigenvalue weighted by molar-refractivity contribution is 0.0829. The number of hydrogen-bond donors (Lipinski definition) is 3. The molecular formula is C34H45F2N3O2. The van der Waals surface area contributed by atoms with Crippen LogP contribution in [0.25, 0.3) is 0 Å². The van der Waals surface area contributed by atoms with E-state index in [4.69, 9.17) is 0 Å². The highest BCUT2D eigenvalue weighted by atomic mass is 19.1. The van der Waals surface area contributed by atoms with Gasteiger partial charge in [-0.1, -0.05) is 63.1 Å². The van der Waals surface area contributed by atoms with Gasteiger partial charge in [0, 0.05) is 31.3 Å². The number of aliphatic hydroxyl groups excluding tert-OH is 1. The van der Waals surface area contributed by atoms with Crippen molar-refractivity contribution in [1.82, 2.24) is 15.5 Å². The lowest BCUT2D eigenvalue weighted by Gasteiger charge is -2.25. The molecule has 0 spiro atoms. The smallest absolute Gasteiger partial charge is 0.251 e. The maximum Gasteiger partial charge on any atom is 0.251 e. The van der Waals surface area contributed by atoms with Crippen LogP contribution in [-0.4, -0.2) is 48.2 Å². The minimum Gasteiger partial charge on any atom is -0.390 e. The Balaban J connectivity index is 1.74. The second-order valence-electron chi connectivity index (χ2n) is 11.5. The van der Waals surface area contributed by atoms with Crippen molar-refractivity contribution in [2.75, 3.05) is 20.1 Å². The van der Waals surface area contributed by atoms with E-state index in [0.29, 0.717) is 23.6 Å². The first-order valence-corrected chi connectivity index (χ1v) is 14.6. The molecule has 2 unspecified atom stereocenters. The largest absolute Gasteiger partial charge is 0.390 e. The zero-order chi connectivity index (χ0) is 29.9. The monoisotopic (exact) mass is 565 g/mol. The summed E-state index contributed by atoms with van der Waals surface area (Å²) in [5.74, 6) is -1.32. The molecule has 3 N–H and O–H groups in total. The average Bonchev–Trinajstić information content (AvgIpc) is 2.90. The summed E-state index contributed by atoms with van der Waals surface area (Å²) in [6.45, 7) is 10.8. The maximum absolute atomic E-state index is 14.0. The molecule has 0 fully saturated rings. The highest BCUT2D eigenvalue weighted by Crippen LogP contribution is 2.17. The van der Waals surface area contributed by atoms with E-state index in [1.165, 1.54) is 17.7 Å². The topological polar surface area (TPSA) is 64.6 Å². The van der Waals surface area contributed by atoms with E-state index in [9.17, 15) is 18.7 Å².